The summed E-state index contributed by atoms with van der Waals surface area (Å²) in [6, 6.07) is 8.30. The summed E-state index contributed by atoms with van der Waals surface area (Å²) in [5.41, 5.74) is 8.35. The van der Waals surface area contributed by atoms with Gasteiger partial charge in [0.1, 0.15) is 0 Å². The van der Waals surface area contributed by atoms with Crippen LogP contribution < -0.4 is 5.73 Å². The SMILES string of the molecule is Cc1ccc(C(C)N(C)C(=O)CC(N)C(C)C)cc1. The van der Waals surface area contributed by atoms with E-state index in [9.17, 15) is 4.79 Å². The highest BCUT2D eigenvalue weighted by Gasteiger charge is 2.20. The fourth-order valence-corrected chi connectivity index (χ4v) is 1.87. The van der Waals surface area contributed by atoms with Crippen molar-refractivity contribution in [3.63, 3.8) is 0 Å². The molecule has 0 aromatic heterocycles. The Morgan fingerprint density at radius 1 is 1.21 bits per heavy atom. The summed E-state index contributed by atoms with van der Waals surface area (Å²) in [6.07, 6.45) is 0.407. The maximum absolute atomic E-state index is 12.2. The average molecular weight is 262 g/mol. The molecule has 3 nitrogen and oxygen atoms in total. The number of benzene rings is 1. The van der Waals surface area contributed by atoms with Crippen LogP contribution in [0.25, 0.3) is 0 Å². The van der Waals surface area contributed by atoms with Gasteiger partial charge in [-0.15, -0.1) is 0 Å². The summed E-state index contributed by atoms with van der Waals surface area (Å²) in [5.74, 6) is 0.432. The number of rotatable bonds is 5. The van der Waals surface area contributed by atoms with Crippen molar-refractivity contribution in [3.05, 3.63) is 35.4 Å². The molecule has 0 spiro atoms. The van der Waals surface area contributed by atoms with Gasteiger partial charge in [0.05, 0.1) is 6.04 Å². The first-order valence-electron chi connectivity index (χ1n) is 6.90. The predicted molar refractivity (Wildman–Crippen MR) is 79.8 cm³/mol. The Kier molecular flexibility index (Phi) is 5.55. The summed E-state index contributed by atoms with van der Waals surface area (Å²) in [5, 5.41) is 0. The highest BCUT2D eigenvalue weighted by molar-refractivity contribution is 5.77. The lowest BCUT2D eigenvalue weighted by atomic mass is 10.0. The number of aryl methyl sites for hydroxylation is 1. The zero-order valence-corrected chi connectivity index (χ0v) is 12.7. The van der Waals surface area contributed by atoms with Gasteiger partial charge in [0, 0.05) is 19.5 Å². The Hall–Kier alpha value is -1.35. The van der Waals surface area contributed by atoms with E-state index in [4.69, 9.17) is 5.73 Å². The van der Waals surface area contributed by atoms with Crippen LogP contribution in [0.5, 0.6) is 0 Å². The van der Waals surface area contributed by atoms with E-state index < -0.39 is 0 Å². The van der Waals surface area contributed by atoms with Crippen molar-refractivity contribution < 1.29 is 4.79 Å². The van der Waals surface area contributed by atoms with E-state index in [0.29, 0.717) is 12.3 Å². The molecule has 2 unspecified atom stereocenters. The number of hydrogen-bond donors (Lipinski definition) is 1. The minimum absolute atomic E-state index is 0.0693. The molecule has 0 saturated carbocycles. The van der Waals surface area contributed by atoms with Crippen LogP contribution in [-0.4, -0.2) is 23.9 Å². The zero-order chi connectivity index (χ0) is 14.6. The van der Waals surface area contributed by atoms with E-state index in [2.05, 4.69) is 31.2 Å². The number of nitrogens with two attached hydrogens (primary N) is 1. The second kappa shape index (κ2) is 6.71. The Balaban J connectivity index is 2.68. The van der Waals surface area contributed by atoms with E-state index in [0.717, 1.165) is 5.56 Å². The minimum Gasteiger partial charge on any atom is -0.339 e. The van der Waals surface area contributed by atoms with Crippen LogP contribution in [0, 0.1) is 12.8 Å². The molecule has 2 atom stereocenters. The van der Waals surface area contributed by atoms with Crippen LogP contribution in [0.4, 0.5) is 0 Å². The third-order valence-corrected chi connectivity index (χ3v) is 3.80. The molecule has 1 aromatic carbocycles. The van der Waals surface area contributed by atoms with E-state index in [1.54, 1.807) is 4.90 Å². The Bertz CT molecular complexity index is 411. The Morgan fingerprint density at radius 3 is 2.21 bits per heavy atom. The Morgan fingerprint density at radius 2 is 1.74 bits per heavy atom. The van der Waals surface area contributed by atoms with Gasteiger partial charge in [0.25, 0.3) is 0 Å². The van der Waals surface area contributed by atoms with E-state index in [-0.39, 0.29) is 18.0 Å². The monoisotopic (exact) mass is 262 g/mol. The average Bonchev–Trinajstić information content (AvgIpc) is 2.37. The van der Waals surface area contributed by atoms with E-state index in [1.807, 2.05) is 27.8 Å². The van der Waals surface area contributed by atoms with Crippen molar-refractivity contribution in [1.82, 2.24) is 4.90 Å². The fourth-order valence-electron chi connectivity index (χ4n) is 1.87. The highest BCUT2D eigenvalue weighted by Crippen LogP contribution is 2.20. The van der Waals surface area contributed by atoms with Crippen LogP contribution in [0.1, 0.15) is 44.4 Å². The van der Waals surface area contributed by atoms with Crippen LogP contribution in [-0.2, 0) is 4.79 Å². The van der Waals surface area contributed by atoms with Gasteiger partial charge in [0.15, 0.2) is 0 Å². The van der Waals surface area contributed by atoms with Crippen molar-refractivity contribution in [1.29, 1.82) is 0 Å². The normalized spacial score (nSPS) is 14.3. The molecule has 1 amide bonds. The zero-order valence-electron chi connectivity index (χ0n) is 12.7. The van der Waals surface area contributed by atoms with Crippen LogP contribution in [0.2, 0.25) is 0 Å². The third kappa shape index (κ3) is 4.35. The molecule has 2 N–H and O–H groups in total. The van der Waals surface area contributed by atoms with Crippen LogP contribution in [0.3, 0.4) is 0 Å². The van der Waals surface area contributed by atoms with Gasteiger partial charge < -0.3 is 10.6 Å². The lowest BCUT2D eigenvalue weighted by Gasteiger charge is -2.27. The van der Waals surface area contributed by atoms with Gasteiger partial charge in [-0.2, -0.15) is 0 Å². The summed E-state index contributed by atoms with van der Waals surface area (Å²) >= 11 is 0. The van der Waals surface area contributed by atoms with E-state index >= 15 is 0 Å². The van der Waals surface area contributed by atoms with Crippen molar-refractivity contribution >= 4 is 5.91 Å². The van der Waals surface area contributed by atoms with Gasteiger partial charge in [-0.25, -0.2) is 0 Å². The molecule has 0 aliphatic heterocycles. The molecule has 1 aromatic rings. The molecule has 0 saturated heterocycles. The van der Waals surface area contributed by atoms with Gasteiger partial charge in [-0.05, 0) is 25.3 Å². The maximum Gasteiger partial charge on any atom is 0.224 e. The number of amides is 1. The number of hydrogen-bond acceptors (Lipinski definition) is 2. The molecule has 0 fully saturated rings. The van der Waals surface area contributed by atoms with Gasteiger partial charge >= 0.3 is 0 Å². The van der Waals surface area contributed by atoms with E-state index in [1.165, 1.54) is 5.56 Å². The Labute approximate surface area is 116 Å². The molecular formula is C16H26N2O. The van der Waals surface area contributed by atoms with Crippen molar-refractivity contribution in [2.45, 2.75) is 46.2 Å². The number of carbonyl (C=O) groups excluding carboxylic acids is 1. The van der Waals surface area contributed by atoms with Crippen molar-refractivity contribution in [2.75, 3.05) is 7.05 Å². The second-order valence-corrected chi connectivity index (χ2v) is 5.70. The van der Waals surface area contributed by atoms with Crippen LogP contribution >= 0.6 is 0 Å². The molecule has 1 rings (SSSR count). The largest absolute Gasteiger partial charge is 0.339 e. The molecule has 0 aliphatic rings. The molecule has 106 valence electrons. The van der Waals surface area contributed by atoms with Crippen molar-refractivity contribution in [2.24, 2.45) is 11.7 Å². The topological polar surface area (TPSA) is 46.3 Å². The first-order valence-corrected chi connectivity index (χ1v) is 6.90. The highest BCUT2D eigenvalue weighted by atomic mass is 16.2. The first-order chi connectivity index (χ1) is 8.82. The fraction of sp³-hybridized carbons (Fsp3) is 0.562. The number of nitrogens with zero attached hydrogens (tertiary/aromatic N) is 1. The molecule has 0 heterocycles. The molecule has 0 aliphatic carbocycles. The number of carbonyl (C=O) groups is 1. The summed E-state index contributed by atoms with van der Waals surface area (Å²) in [7, 11) is 1.85. The molecular weight excluding hydrogens is 236 g/mol. The molecule has 0 radical (unpaired) electrons. The molecule has 3 heteroatoms. The second-order valence-electron chi connectivity index (χ2n) is 5.70. The van der Waals surface area contributed by atoms with Crippen molar-refractivity contribution in [3.8, 4) is 0 Å². The standard InChI is InChI=1S/C16H26N2O/c1-11(2)15(17)10-16(19)18(5)13(4)14-8-6-12(3)7-9-14/h6-9,11,13,15H,10,17H2,1-5H3. The lowest BCUT2D eigenvalue weighted by Crippen LogP contribution is -2.37. The van der Waals surface area contributed by atoms with Crippen LogP contribution in [0.15, 0.2) is 24.3 Å². The summed E-state index contributed by atoms with van der Waals surface area (Å²) < 4.78 is 0. The quantitative estimate of drug-likeness (QED) is 0.887. The lowest BCUT2D eigenvalue weighted by molar-refractivity contribution is -0.132. The predicted octanol–water partition coefficient (Wildman–Crippen LogP) is 2.89. The third-order valence-electron chi connectivity index (χ3n) is 3.80. The minimum atomic E-state index is -0.0693. The molecule has 0 bridgehead atoms. The van der Waals surface area contributed by atoms with Gasteiger partial charge in [0.2, 0.25) is 5.91 Å². The van der Waals surface area contributed by atoms with Gasteiger partial charge in [-0.1, -0.05) is 43.7 Å². The summed E-state index contributed by atoms with van der Waals surface area (Å²) in [6.45, 7) is 8.19. The maximum atomic E-state index is 12.2. The summed E-state index contributed by atoms with van der Waals surface area (Å²) in [4.78, 5) is 14.0. The smallest absolute Gasteiger partial charge is 0.224 e. The first kappa shape index (κ1) is 15.7. The molecule has 19 heavy (non-hydrogen) atoms. The van der Waals surface area contributed by atoms with Gasteiger partial charge in [-0.3, -0.25) is 4.79 Å².